The van der Waals surface area contributed by atoms with Crippen molar-refractivity contribution < 1.29 is 0 Å². The smallest absolute Gasteiger partial charge is 0.116 e. The lowest BCUT2D eigenvalue weighted by Crippen LogP contribution is -2.28. The van der Waals surface area contributed by atoms with E-state index in [1.54, 1.807) is 6.33 Å². The molecule has 3 nitrogen and oxygen atoms in total. The molecule has 3 rings (SSSR count). The number of hydrogen-bond acceptors (Lipinski definition) is 3. The molecule has 90 valence electrons. The van der Waals surface area contributed by atoms with Crippen LogP contribution in [0.3, 0.4) is 0 Å². The Morgan fingerprint density at radius 2 is 2.33 bits per heavy atom. The molecule has 1 fully saturated rings. The summed E-state index contributed by atoms with van der Waals surface area (Å²) in [6.07, 6.45) is 5.83. The van der Waals surface area contributed by atoms with Gasteiger partial charge in [-0.2, -0.15) is 0 Å². The minimum atomic E-state index is 0.487. The second-order valence-electron chi connectivity index (χ2n) is 4.61. The Kier molecular flexibility index (Phi) is 3.20. The van der Waals surface area contributed by atoms with Gasteiger partial charge in [0, 0.05) is 29.6 Å². The van der Waals surface area contributed by atoms with Crippen molar-refractivity contribution >= 4 is 10.9 Å². The SMILES string of the molecule is C(#CC1CCCNC1)c1ccc2ncncc2c1. The summed E-state index contributed by atoms with van der Waals surface area (Å²) in [7, 11) is 0. The van der Waals surface area contributed by atoms with E-state index in [9.17, 15) is 0 Å². The van der Waals surface area contributed by atoms with Gasteiger partial charge in [-0.1, -0.05) is 11.8 Å². The third-order valence-corrected chi connectivity index (χ3v) is 3.22. The molecule has 1 atom stereocenters. The van der Waals surface area contributed by atoms with Gasteiger partial charge in [-0.15, -0.1) is 0 Å². The normalized spacial score (nSPS) is 19.2. The number of rotatable bonds is 0. The lowest BCUT2D eigenvalue weighted by Gasteiger charge is -2.17. The van der Waals surface area contributed by atoms with Crippen LogP contribution in [0.5, 0.6) is 0 Å². The zero-order valence-corrected chi connectivity index (χ0v) is 10.2. The maximum atomic E-state index is 4.20. The zero-order chi connectivity index (χ0) is 12.2. The van der Waals surface area contributed by atoms with E-state index in [1.807, 2.05) is 18.3 Å². The first-order valence-electron chi connectivity index (χ1n) is 6.34. The van der Waals surface area contributed by atoms with E-state index in [1.165, 1.54) is 12.8 Å². The number of piperidine rings is 1. The fraction of sp³-hybridized carbons (Fsp3) is 0.333. The number of hydrogen-bond donors (Lipinski definition) is 1. The van der Waals surface area contributed by atoms with Crippen molar-refractivity contribution in [2.45, 2.75) is 12.8 Å². The van der Waals surface area contributed by atoms with Gasteiger partial charge in [-0.05, 0) is 37.6 Å². The van der Waals surface area contributed by atoms with Crippen LogP contribution in [0.15, 0.2) is 30.7 Å². The Morgan fingerprint density at radius 3 is 3.22 bits per heavy atom. The highest BCUT2D eigenvalue weighted by molar-refractivity contribution is 5.78. The van der Waals surface area contributed by atoms with Gasteiger partial charge < -0.3 is 5.32 Å². The zero-order valence-electron chi connectivity index (χ0n) is 10.2. The molecule has 0 aliphatic carbocycles. The number of benzene rings is 1. The predicted molar refractivity (Wildman–Crippen MR) is 72.0 cm³/mol. The highest BCUT2D eigenvalue weighted by Crippen LogP contribution is 2.12. The minimum Gasteiger partial charge on any atom is -0.316 e. The number of fused-ring (bicyclic) bond motifs is 1. The van der Waals surface area contributed by atoms with Crippen LogP contribution in [0.25, 0.3) is 10.9 Å². The largest absolute Gasteiger partial charge is 0.316 e. The number of nitrogens with zero attached hydrogens (tertiary/aromatic N) is 2. The van der Waals surface area contributed by atoms with Gasteiger partial charge in [-0.25, -0.2) is 9.97 Å². The maximum Gasteiger partial charge on any atom is 0.116 e. The molecule has 2 aromatic rings. The second-order valence-corrected chi connectivity index (χ2v) is 4.61. The number of nitrogens with one attached hydrogen (secondary N) is 1. The summed E-state index contributed by atoms with van der Waals surface area (Å²) in [5.74, 6) is 7.10. The van der Waals surface area contributed by atoms with E-state index in [0.29, 0.717) is 5.92 Å². The monoisotopic (exact) mass is 237 g/mol. The standard InChI is InChI=1S/C15H15N3/c1-2-13(9-16-7-1)4-3-12-5-6-15-14(8-12)10-17-11-18-15/h5-6,8,10-11,13,16H,1-2,7,9H2. The Balaban J connectivity index is 1.84. The summed E-state index contributed by atoms with van der Waals surface area (Å²) in [6.45, 7) is 2.15. The number of aromatic nitrogens is 2. The lowest BCUT2D eigenvalue weighted by molar-refractivity contribution is 0.449. The van der Waals surface area contributed by atoms with Crippen molar-refractivity contribution in [2.75, 3.05) is 13.1 Å². The summed E-state index contributed by atoms with van der Waals surface area (Å²) in [4.78, 5) is 8.24. The summed E-state index contributed by atoms with van der Waals surface area (Å²) < 4.78 is 0. The molecule has 1 aromatic carbocycles. The van der Waals surface area contributed by atoms with Crippen molar-refractivity contribution in [3.63, 3.8) is 0 Å². The lowest BCUT2D eigenvalue weighted by atomic mass is 10.00. The molecule has 0 bridgehead atoms. The predicted octanol–water partition coefficient (Wildman–Crippen LogP) is 1.98. The van der Waals surface area contributed by atoms with Crippen molar-refractivity contribution in [2.24, 2.45) is 5.92 Å². The Labute approximate surface area is 107 Å². The quantitative estimate of drug-likeness (QED) is 0.712. The van der Waals surface area contributed by atoms with Gasteiger partial charge in [-0.3, -0.25) is 0 Å². The average molecular weight is 237 g/mol. The molecule has 0 saturated carbocycles. The fourth-order valence-electron chi connectivity index (χ4n) is 2.22. The van der Waals surface area contributed by atoms with Crippen LogP contribution in [0.2, 0.25) is 0 Å². The van der Waals surface area contributed by atoms with Crippen molar-refractivity contribution in [3.8, 4) is 11.8 Å². The molecule has 1 aromatic heterocycles. The van der Waals surface area contributed by atoms with Crippen LogP contribution in [0.1, 0.15) is 18.4 Å². The second kappa shape index (κ2) is 5.16. The van der Waals surface area contributed by atoms with E-state index in [4.69, 9.17) is 0 Å². The molecule has 0 spiro atoms. The molecule has 18 heavy (non-hydrogen) atoms. The third-order valence-electron chi connectivity index (χ3n) is 3.22. The van der Waals surface area contributed by atoms with Gasteiger partial charge in [0.15, 0.2) is 0 Å². The van der Waals surface area contributed by atoms with Crippen LogP contribution >= 0.6 is 0 Å². The van der Waals surface area contributed by atoms with Crippen LogP contribution in [-0.2, 0) is 0 Å². The topological polar surface area (TPSA) is 37.8 Å². The molecule has 2 heterocycles. The first-order valence-corrected chi connectivity index (χ1v) is 6.34. The van der Waals surface area contributed by atoms with Crippen molar-refractivity contribution in [3.05, 3.63) is 36.3 Å². The maximum absolute atomic E-state index is 4.20. The van der Waals surface area contributed by atoms with E-state index in [2.05, 4.69) is 33.2 Å². The Bertz CT molecular complexity index is 604. The van der Waals surface area contributed by atoms with E-state index < -0.39 is 0 Å². The first-order chi connectivity index (χ1) is 8.92. The molecule has 1 N–H and O–H groups in total. The summed E-state index contributed by atoms with van der Waals surface area (Å²) in [5, 5.41) is 4.43. The van der Waals surface area contributed by atoms with Gasteiger partial charge in [0.1, 0.15) is 6.33 Å². The average Bonchev–Trinajstić information content (AvgIpc) is 2.46. The van der Waals surface area contributed by atoms with Crippen molar-refractivity contribution in [1.29, 1.82) is 0 Å². The summed E-state index contributed by atoms with van der Waals surface area (Å²) in [6, 6.07) is 6.08. The molecule has 1 saturated heterocycles. The Hall–Kier alpha value is -1.92. The van der Waals surface area contributed by atoms with E-state index in [-0.39, 0.29) is 0 Å². The van der Waals surface area contributed by atoms with Gasteiger partial charge in [0.2, 0.25) is 0 Å². The third kappa shape index (κ3) is 2.49. The molecular weight excluding hydrogens is 222 g/mol. The van der Waals surface area contributed by atoms with Crippen LogP contribution in [0, 0.1) is 17.8 Å². The Morgan fingerprint density at radius 1 is 1.33 bits per heavy atom. The molecule has 3 heteroatoms. The van der Waals surface area contributed by atoms with Gasteiger partial charge >= 0.3 is 0 Å². The molecule has 1 aliphatic heterocycles. The van der Waals surface area contributed by atoms with Crippen LogP contribution < -0.4 is 5.32 Å². The van der Waals surface area contributed by atoms with Crippen LogP contribution in [-0.4, -0.2) is 23.1 Å². The summed E-state index contributed by atoms with van der Waals surface area (Å²) >= 11 is 0. The minimum absolute atomic E-state index is 0.487. The fourth-order valence-corrected chi connectivity index (χ4v) is 2.22. The summed E-state index contributed by atoms with van der Waals surface area (Å²) in [5.41, 5.74) is 2.01. The van der Waals surface area contributed by atoms with E-state index >= 15 is 0 Å². The van der Waals surface area contributed by atoms with Crippen LogP contribution in [0.4, 0.5) is 0 Å². The van der Waals surface area contributed by atoms with Crippen molar-refractivity contribution in [1.82, 2.24) is 15.3 Å². The molecule has 0 radical (unpaired) electrons. The highest BCUT2D eigenvalue weighted by Gasteiger charge is 2.09. The van der Waals surface area contributed by atoms with Gasteiger partial charge in [0.05, 0.1) is 5.52 Å². The van der Waals surface area contributed by atoms with Gasteiger partial charge in [0.25, 0.3) is 0 Å². The highest BCUT2D eigenvalue weighted by atomic mass is 14.9. The molecule has 0 amide bonds. The molecule has 1 aliphatic rings. The first kappa shape index (κ1) is 11.2. The molecule has 1 unspecified atom stereocenters. The molecular formula is C15H15N3. The van der Waals surface area contributed by atoms with E-state index in [0.717, 1.165) is 29.6 Å².